The molecule has 2 amide bonds. The van der Waals surface area contributed by atoms with Gasteiger partial charge in [-0.15, -0.1) is 0 Å². The molecular weight excluding hydrogens is 566 g/mol. The summed E-state index contributed by atoms with van der Waals surface area (Å²) in [6.45, 7) is 1.44. The highest BCUT2D eigenvalue weighted by molar-refractivity contribution is 7.80. The van der Waals surface area contributed by atoms with Crippen molar-refractivity contribution in [3.63, 3.8) is 0 Å². The fraction of sp³-hybridized carbons (Fsp3) is 0.172. The number of likely N-dealkylation sites (N-methyl/N-ethyl adjacent to an activating group) is 1. The number of para-hydroxylation sites is 2. The molecule has 3 aromatic carbocycles. The number of nitro groups is 1. The summed E-state index contributed by atoms with van der Waals surface area (Å²) >= 11 is 12.4. The minimum Gasteiger partial charge on any atom is -0.360 e. The van der Waals surface area contributed by atoms with Crippen molar-refractivity contribution in [3.05, 3.63) is 111 Å². The third kappa shape index (κ3) is 2.96. The molecule has 4 heterocycles. The molecule has 4 aromatic rings. The highest BCUT2D eigenvalue weighted by atomic mass is 35.5. The minimum atomic E-state index is -1.77. The second kappa shape index (κ2) is 8.45. The van der Waals surface area contributed by atoms with E-state index in [-0.39, 0.29) is 16.4 Å². The summed E-state index contributed by atoms with van der Waals surface area (Å²) in [5.74, 6) is -2.50. The lowest BCUT2D eigenvalue weighted by Gasteiger charge is -2.34. The summed E-state index contributed by atoms with van der Waals surface area (Å²) < 4.78 is 5.73. The maximum absolute atomic E-state index is 14.9. The molecule has 204 valence electrons. The lowest BCUT2D eigenvalue weighted by molar-refractivity contribution is -0.386. The molecule has 41 heavy (non-hydrogen) atoms. The van der Waals surface area contributed by atoms with Crippen LogP contribution in [-0.2, 0) is 20.5 Å². The Balaban J connectivity index is 1.62. The van der Waals surface area contributed by atoms with Gasteiger partial charge in [-0.2, -0.15) is 0 Å². The fourth-order valence-corrected chi connectivity index (χ4v) is 7.38. The molecule has 10 nitrogen and oxygen atoms in total. The Morgan fingerprint density at radius 3 is 2.46 bits per heavy atom. The maximum Gasteiger partial charge on any atom is 0.334 e. The monoisotopic (exact) mass is 585 g/mol. The van der Waals surface area contributed by atoms with Crippen molar-refractivity contribution < 1.29 is 19.0 Å². The SMILES string of the molecule is Cc1noc([C@H]2[C@]3(C(=O)N(C)c4ccc(Cl)cc43)C(=S)N[C@]23C(=O)N(c2ccccc2)c2ccccc23)c1[N+](=O)[O-]. The van der Waals surface area contributed by atoms with Crippen LogP contribution in [0.4, 0.5) is 22.7 Å². The van der Waals surface area contributed by atoms with Gasteiger partial charge >= 0.3 is 5.69 Å². The summed E-state index contributed by atoms with van der Waals surface area (Å²) in [6, 6.07) is 21.1. The predicted molar refractivity (Wildman–Crippen MR) is 155 cm³/mol. The molecule has 3 atom stereocenters. The van der Waals surface area contributed by atoms with Crippen LogP contribution in [0.5, 0.6) is 0 Å². The Morgan fingerprint density at radius 1 is 1.02 bits per heavy atom. The molecule has 1 saturated heterocycles. The summed E-state index contributed by atoms with van der Waals surface area (Å²) in [5.41, 5.74) is -1.39. The van der Waals surface area contributed by atoms with Gasteiger partial charge in [-0.1, -0.05) is 65.4 Å². The molecule has 7 rings (SSSR count). The van der Waals surface area contributed by atoms with Gasteiger partial charge < -0.3 is 14.7 Å². The number of carbonyl (C=O) groups is 2. The number of anilines is 3. The van der Waals surface area contributed by atoms with Gasteiger partial charge in [0.15, 0.2) is 11.2 Å². The Kier molecular flexibility index (Phi) is 5.23. The topological polar surface area (TPSA) is 122 Å². The molecule has 1 fully saturated rings. The summed E-state index contributed by atoms with van der Waals surface area (Å²) in [5, 5.41) is 20.0. The molecule has 0 saturated carbocycles. The van der Waals surface area contributed by atoms with E-state index < -0.39 is 39.3 Å². The number of halogens is 1. The van der Waals surface area contributed by atoms with E-state index >= 15 is 0 Å². The fourth-order valence-electron chi connectivity index (χ4n) is 6.73. The van der Waals surface area contributed by atoms with Crippen LogP contribution < -0.4 is 15.1 Å². The lowest BCUT2D eigenvalue weighted by atomic mass is 9.63. The van der Waals surface area contributed by atoms with Gasteiger partial charge in [-0.25, -0.2) is 0 Å². The number of aromatic nitrogens is 1. The smallest absolute Gasteiger partial charge is 0.334 e. The number of benzene rings is 3. The average Bonchev–Trinajstić information content (AvgIpc) is 3.61. The third-order valence-electron chi connectivity index (χ3n) is 8.35. The standard InChI is InChI=1S/C29H20ClN5O5S/c1-15-22(35(38)39)23(40-32-15)24-28(19-14-16(30)12-13-20(19)33(2)26(28)36)25(41)31-29(24)18-10-6-7-11-21(18)34(27(29)37)17-8-4-3-5-9-17/h3-14,24H,1-2H3,(H,31,41)/t24-,28-,29-/m0/s1. The predicted octanol–water partition coefficient (Wildman–Crippen LogP) is 5.05. The van der Waals surface area contributed by atoms with E-state index in [1.807, 2.05) is 6.07 Å². The molecule has 0 aliphatic carbocycles. The molecule has 1 aromatic heterocycles. The van der Waals surface area contributed by atoms with Crippen molar-refractivity contribution in [2.45, 2.75) is 23.8 Å². The van der Waals surface area contributed by atoms with Crippen LogP contribution in [0, 0.1) is 17.0 Å². The molecule has 12 heteroatoms. The second-order valence-corrected chi connectivity index (χ2v) is 11.1. The van der Waals surface area contributed by atoms with E-state index in [4.69, 9.17) is 28.3 Å². The zero-order valence-electron chi connectivity index (χ0n) is 21.6. The van der Waals surface area contributed by atoms with Gasteiger partial charge in [0.1, 0.15) is 5.41 Å². The molecule has 3 aliphatic heterocycles. The number of nitrogens with one attached hydrogen (secondary N) is 1. The van der Waals surface area contributed by atoms with Crippen molar-refractivity contribution in [3.8, 4) is 0 Å². The molecule has 0 bridgehead atoms. The number of hydrogen-bond acceptors (Lipinski definition) is 7. The van der Waals surface area contributed by atoms with Crippen LogP contribution >= 0.6 is 23.8 Å². The first-order chi connectivity index (χ1) is 19.7. The number of fused-ring (bicyclic) bond motifs is 4. The van der Waals surface area contributed by atoms with Crippen molar-refractivity contribution >= 4 is 63.4 Å². The van der Waals surface area contributed by atoms with E-state index in [0.29, 0.717) is 33.2 Å². The van der Waals surface area contributed by atoms with E-state index in [1.165, 1.54) is 16.7 Å². The normalized spacial score (nSPS) is 24.4. The summed E-state index contributed by atoms with van der Waals surface area (Å²) in [6.07, 6.45) is 0. The first-order valence-electron chi connectivity index (χ1n) is 12.7. The molecule has 0 radical (unpaired) electrons. The minimum absolute atomic E-state index is 0.0110. The van der Waals surface area contributed by atoms with Crippen molar-refractivity contribution in [2.24, 2.45) is 0 Å². The van der Waals surface area contributed by atoms with Crippen LogP contribution in [0.25, 0.3) is 0 Å². The van der Waals surface area contributed by atoms with Gasteiger partial charge in [-0.05, 0) is 43.3 Å². The second-order valence-electron chi connectivity index (χ2n) is 10.3. The van der Waals surface area contributed by atoms with Crippen molar-refractivity contribution in [1.29, 1.82) is 0 Å². The third-order valence-corrected chi connectivity index (χ3v) is 9.01. The van der Waals surface area contributed by atoms with Crippen LogP contribution in [0.3, 0.4) is 0 Å². The number of thiocarbonyl (C=S) groups is 1. The summed E-state index contributed by atoms with van der Waals surface area (Å²) in [7, 11) is 1.59. The molecule has 1 N–H and O–H groups in total. The van der Waals surface area contributed by atoms with Crippen LogP contribution in [0.2, 0.25) is 5.02 Å². The van der Waals surface area contributed by atoms with Gasteiger partial charge in [0.05, 0.1) is 21.5 Å². The van der Waals surface area contributed by atoms with Crippen molar-refractivity contribution in [2.75, 3.05) is 16.8 Å². The van der Waals surface area contributed by atoms with E-state index in [1.54, 1.807) is 73.8 Å². The Hall–Kier alpha value is -4.61. The van der Waals surface area contributed by atoms with Crippen LogP contribution in [0.1, 0.15) is 28.5 Å². The summed E-state index contributed by atoms with van der Waals surface area (Å²) in [4.78, 5) is 44.3. The molecule has 2 spiro atoms. The Labute approximate surface area is 243 Å². The number of aryl methyl sites for hydroxylation is 1. The zero-order valence-corrected chi connectivity index (χ0v) is 23.2. The largest absolute Gasteiger partial charge is 0.360 e. The maximum atomic E-state index is 14.9. The van der Waals surface area contributed by atoms with Gasteiger partial charge in [-0.3, -0.25) is 24.6 Å². The van der Waals surface area contributed by atoms with Crippen LogP contribution in [0.15, 0.2) is 77.3 Å². The Bertz CT molecular complexity index is 1840. The highest BCUT2D eigenvalue weighted by Crippen LogP contribution is 2.65. The van der Waals surface area contributed by atoms with Crippen LogP contribution in [-0.4, -0.2) is 33.9 Å². The zero-order chi connectivity index (χ0) is 28.8. The van der Waals surface area contributed by atoms with Gasteiger partial charge in [0.2, 0.25) is 11.7 Å². The Morgan fingerprint density at radius 2 is 1.73 bits per heavy atom. The number of hydrogen-bond donors (Lipinski definition) is 1. The molecule has 3 aliphatic rings. The van der Waals surface area contributed by atoms with Gasteiger partial charge in [0, 0.05) is 34.6 Å². The quantitative estimate of drug-likeness (QED) is 0.201. The lowest BCUT2D eigenvalue weighted by Crippen LogP contribution is -2.51. The van der Waals surface area contributed by atoms with E-state index in [0.717, 1.165) is 0 Å². The molecular formula is C29H20ClN5O5S. The average molecular weight is 586 g/mol. The van der Waals surface area contributed by atoms with E-state index in [2.05, 4.69) is 10.5 Å². The first kappa shape index (κ1) is 25.4. The first-order valence-corrected chi connectivity index (χ1v) is 13.4. The van der Waals surface area contributed by atoms with Crippen molar-refractivity contribution in [1.82, 2.24) is 10.5 Å². The van der Waals surface area contributed by atoms with Gasteiger partial charge in [0.25, 0.3) is 5.91 Å². The number of carbonyl (C=O) groups excluding carboxylic acids is 2. The molecule has 0 unspecified atom stereocenters. The number of nitrogens with zero attached hydrogens (tertiary/aromatic N) is 4. The highest BCUT2D eigenvalue weighted by Gasteiger charge is 2.76. The number of amides is 2. The van der Waals surface area contributed by atoms with E-state index in [9.17, 15) is 19.7 Å². The number of rotatable bonds is 3.